The fraction of sp³-hybridized carbons (Fsp3) is 0.346. The Morgan fingerprint density at radius 1 is 1.18 bits per heavy atom. The van der Waals surface area contributed by atoms with E-state index in [2.05, 4.69) is 39.8 Å². The number of carbonyl (C=O) groups excluding carboxylic acids is 2. The minimum atomic E-state index is -0.657. The number of H-pyrrole nitrogens is 1. The van der Waals surface area contributed by atoms with E-state index >= 15 is 0 Å². The summed E-state index contributed by atoms with van der Waals surface area (Å²) < 4.78 is 5.49. The smallest absolute Gasteiger partial charge is 0.257 e. The van der Waals surface area contributed by atoms with Gasteiger partial charge in [-0.05, 0) is 43.9 Å². The van der Waals surface area contributed by atoms with E-state index in [1.165, 1.54) is 0 Å². The molecule has 0 bridgehead atoms. The number of amides is 2. The number of aryl methyl sites for hydroxylation is 1. The third-order valence-electron chi connectivity index (χ3n) is 6.43. The summed E-state index contributed by atoms with van der Waals surface area (Å²) in [4.78, 5) is 28.0. The van der Waals surface area contributed by atoms with Gasteiger partial charge in [-0.25, -0.2) is 0 Å². The quantitative estimate of drug-likeness (QED) is 0.581. The third-order valence-corrected chi connectivity index (χ3v) is 6.43. The summed E-state index contributed by atoms with van der Waals surface area (Å²) in [5.74, 6) is 0.737. The zero-order valence-electron chi connectivity index (χ0n) is 19.4. The molecule has 0 radical (unpaired) electrons. The zero-order valence-corrected chi connectivity index (χ0v) is 19.4. The van der Waals surface area contributed by atoms with E-state index in [9.17, 15) is 9.59 Å². The van der Waals surface area contributed by atoms with Crippen molar-refractivity contribution in [3.63, 3.8) is 0 Å². The molecule has 1 aromatic heterocycles. The molecule has 1 aliphatic rings. The summed E-state index contributed by atoms with van der Waals surface area (Å²) in [6, 6.07) is 16.2. The first-order valence-corrected chi connectivity index (χ1v) is 11.3. The second kappa shape index (κ2) is 9.48. The SMILES string of the molecule is CCNC(=O)[C@]1(Cc2ccc(-c3ccccc3OC)cc2)CCN(C(=O)c2cn[nH]c2C)C1. The van der Waals surface area contributed by atoms with Crippen LogP contribution in [0.25, 0.3) is 11.1 Å². The fourth-order valence-corrected chi connectivity index (χ4v) is 4.62. The number of carbonyl (C=O) groups is 2. The van der Waals surface area contributed by atoms with Crippen molar-refractivity contribution in [2.45, 2.75) is 26.7 Å². The molecule has 1 aliphatic heterocycles. The Morgan fingerprint density at radius 2 is 1.94 bits per heavy atom. The second-order valence-electron chi connectivity index (χ2n) is 8.60. The number of hydrogen-bond acceptors (Lipinski definition) is 4. The highest BCUT2D eigenvalue weighted by atomic mass is 16.5. The lowest BCUT2D eigenvalue weighted by Crippen LogP contribution is -2.45. The highest BCUT2D eigenvalue weighted by molar-refractivity contribution is 5.96. The van der Waals surface area contributed by atoms with Gasteiger partial charge in [0.1, 0.15) is 5.75 Å². The number of para-hydroxylation sites is 1. The summed E-state index contributed by atoms with van der Waals surface area (Å²) in [6.07, 6.45) is 2.75. The van der Waals surface area contributed by atoms with Crippen LogP contribution in [0, 0.1) is 12.3 Å². The van der Waals surface area contributed by atoms with E-state index in [0.717, 1.165) is 28.1 Å². The van der Waals surface area contributed by atoms with Gasteiger partial charge in [-0.15, -0.1) is 0 Å². The van der Waals surface area contributed by atoms with Crippen LogP contribution < -0.4 is 10.1 Å². The van der Waals surface area contributed by atoms with E-state index in [4.69, 9.17) is 4.74 Å². The Labute approximate surface area is 194 Å². The molecule has 1 fully saturated rings. The van der Waals surface area contributed by atoms with Gasteiger partial charge in [-0.1, -0.05) is 42.5 Å². The maximum absolute atomic E-state index is 13.2. The molecule has 0 unspecified atom stereocenters. The van der Waals surface area contributed by atoms with Crippen molar-refractivity contribution >= 4 is 11.8 Å². The largest absolute Gasteiger partial charge is 0.496 e. The molecule has 2 heterocycles. The average Bonchev–Trinajstić information content (AvgIpc) is 3.46. The number of methoxy groups -OCH3 is 1. The number of likely N-dealkylation sites (tertiary alicyclic amines) is 1. The van der Waals surface area contributed by atoms with E-state index in [0.29, 0.717) is 38.0 Å². The van der Waals surface area contributed by atoms with Crippen LogP contribution in [-0.4, -0.2) is 53.7 Å². The van der Waals surface area contributed by atoms with Crippen molar-refractivity contribution in [1.82, 2.24) is 20.4 Å². The zero-order chi connectivity index (χ0) is 23.4. The van der Waals surface area contributed by atoms with Crippen LogP contribution in [0.3, 0.4) is 0 Å². The summed E-state index contributed by atoms with van der Waals surface area (Å²) in [7, 11) is 1.67. The molecule has 3 aromatic rings. The normalized spacial score (nSPS) is 17.7. The monoisotopic (exact) mass is 446 g/mol. The standard InChI is InChI=1S/C26H30N4O3/c1-4-27-25(32)26(13-14-30(17-26)24(31)22-16-28-29-18(22)2)15-19-9-11-20(12-10-19)21-7-5-6-8-23(21)33-3/h5-12,16H,4,13-15,17H2,1-3H3,(H,27,32)(H,28,29)/t26-/m0/s1. The van der Waals surface area contributed by atoms with E-state index in [-0.39, 0.29) is 11.8 Å². The highest BCUT2D eigenvalue weighted by Gasteiger charge is 2.46. The third kappa shape index (κ3) is 4.49. The predicted octanol–water partition coefficient (Wildman–Crippen LogP) is 3.60. The Bertz CT molecular complexity index is 1140. The maximum Gasteiger partial charge on any atom is 0.257 e. The molecule has 7 nitrogen and oxygen atoms in total. The molecule has 33 heavy (non-hydrogen) atoms. The lowest BCUT2D eigenvalue weighted by atomic mass is 9.79. The minimum absolute atomic E-state index is 0.00183. The summed E-state index contributed by atoms with van der Waals surface area (Å²) in [6.45, 7) is 5.23. The van der Waals surface area contributed by atoms with Crippen LogP contribution >= 0.6 is 0 Å². The Morgan fingerprint density at radius 3 is 2.61 bits per heavy atom. The Hall–Kier alpha value is -3.61. The van der Waals surface area contributed by atoms with Gasteiger partial charge in [-0.2, -0.15) is 5.10 Å². The number of hydrogen-bond donors (Lipinski definition) is 2. The lowest BCUT2D eigenvalue weighted by molar-refractivity contribution is -0.130. The first-order chi connectivity index (χ1) is 16.0. The minimum Gasteiger partial charge on any atom is -0.496 e. The molecule has 2 aromatic carbocycles. The van der Waals surface area contributed by atoms with Crippen molar-refractivity contribution in [3.8, 4) is 16.9 Å². The molecule has 1 saturated heterocycles. The Balaban J connectivity index is 1.57. The molecule has 172 valence electrons. The van der Waals surface area contributed by atoms with Crippen LogP contribution in [0.5, 0.6) is 5.75 Å². The number of rotatable bonds is 7. The van der Waals surface area contributed by atoms with Gasteiger partial charge in [0.2, 0.25) is 5.91 Å². The first kappa shape index (κ1) is 22.6. The van der Waals surface area contributed by atoms with Crippen molar-refractivity contribution in [2.24, 2.45) is 5.41 Å². The van der Waals surface area contributed by atoms with Crippen molar-refractivity contribution in [3.05, 3.63) is 71.5 Å². The number of nitrogens with one attached hydrogen (secondary N) is 2. The van der Waals surface area contributed by atoms with Gasteiger partial charge >= 0.3 is 0 Å². The van der Waals surface area contributed by atoms with Crippen molar-refractivity contribution < 1.29 is 14.3 Å². The molecule has 4 rings (SSSR count). The fourth-order valence-electron chi connectivity index (χ4n) is 4.62. The second-order valence-corrected chi connectivity index (χ2v) is 8.60. The number of aromatic amines is 1. The van der Waals surface area contributed by atoms with Crippen LogP contribution in [-0.2, 0) is 11.2 Å². The van der Waals surface area contributed by atoms with Crippen LogP contribution in [0.15, 0.2) is 54.7 Å². The maximum atomic E-state index is 13.2. The van der Waals surface area contributed by atoms with Gasteiger partial charge in [-0.3, -0.25) is 14.7 Å². The molecular formula is C26H30N4O3. The van der Waals surface area contributed by atoms with Crippen LogP contribution in [0.4, 0.5) is 0 Å². The number of ether oxygens (including phenoxy) is 1. The molecule has 2 amide bonds. The van der Waals surface area contributed by atoms with E-state index in [1.807, 2.05) is 38.1 Å². The van der Waals surface area contributed by atoms with Gasteiger partial charge in [0.05, 0.1) is 24.3 Å². The van der Waals surface area contributed by atoms with Crippen LogP contribution in [0.1, 0.15) is 35.0 Å². The molecule has 0 aliphatic carbocycles. The first-order valence-electron chi connectivity index (χ1n) is 11.3. The van der Waals surface area contributed by atoms with Crippen LogP contribution in [0.2, 0.25) is 0 Å². The van der Waals surface area contributed by atoms with Crippen molar-refractivity contribution in [2.75, 3.05) is 26.7 Å². The lowest BCUT2D eigenvalue weighted by Gasteiger charge is -2.28. The van der Waals surface area contributed by atoms with Gasteiger partial charge in [0.15, 0.2) is 0 Å². The molecule has 7 heteroatoms. The molecule has 2 N–H and O–H groups in total. The summed E-state index contributed by atoms with van der Waals surface area (Å²) in [5, 5.41) is 9.78. The molecule has 0 spiro atoms. The number of benzene rings is 2. The molecular weight excluding hydrogens is 416 g/mol. The number of nitrogens with zero attached hydrogens (tertiary/aromatic N) is 2. The van der Waals surface area contributed by atoms with Gasteiger partial charge in [0, 0.05) is 30.9 Å². The topological polar surface area (TPSA) is 87.3 Å². The average molecular weight is 447 g/mol. The van der Waals surface area contributed by atoms with Crippen molar-refractivity contribution in [1.29, 1.82) is 0 Å². The van der Waals surface area contributed by atoms with Gasteiger partial charge < -0.3 is 15.0 Å². The van der Waals surface area contributed by atoms with E-state index < -0.39 is 5.41 Å². The molecule has 1 atom stereocenters. The highest BCUT2D eigenvalue weighted by Crippen LogP contribution is 2.37. The summed E-state index contributed by atoms with van der Waals surface area (Å²) >= 11 is 0. The summed E-state index contributed by atoms with van der Waals surface area (Å²) in [5.41, 5.74) is 3.79. The number of aromatic nitrogens is 2. The van der Waals surface area contributed by atoms with E-state index in [1.54, 1.807) is 18.2 Å². The Kier molecular flexibility index (Phi) is 6.49. The molecule has 0 saturated carbocycles. The van der Waals surface area contributed by atoms with Gasteiger partial charge in [0.25, 0.3) is 5.91 Å². The predicted molar refractivity (Wildman–Crippen MR) is 127 cm³/mol.